The van der Waals surface area contributed by atoms with Gasteiger partial charge in [0, 0.05) is 24.7 Å². The SMILES string of the molecule is CC[C@@H]1CCCCN1C(=O)COC(=O)/C=C/c1nc2ccccc2o1. The highest BCUT2D eigenvalue weighted by atomic mass is 16.5. The molecule has 2 aromatic rings. The van der Waals surface area contributed by atoms with Crippen LogP contribution in [0.4, 0.5) is 0 Å². The van der Waals surface area contributed by atoms with Crippen LogP contribution in [0, 0.1) is 0 Å². The van der Waals surface area contributed by atoms with Crippen LogP contribution in [0.15, 0.2) is 34.8 Å². The number of likely N-dealkylation sites (tertiary alicyclic amines) is 1. The van der Waals surface area contributed by atoms with Crippen LogP contribution in [0.5, 0.6) is 0 Å². The average molecular weight is 342 g/mol. The highest BCUT2D eigenvalue weighted by Crippen LogP contribution is 2.19. The Labute approximate surface area is 146 Å². The molecule has 6 nitrogen and oxygen atoms in total. The summed E-state index contributed by atoms with van der Waals surface area (Å²) in [5.74, 6) is -0.387. The van der Waals surface area contributed by atoms with Gasteiger partial charge in [0.05, 0.1) is 0 Å². The van der Waals surface area contributed by atoms with Crippen LogP contribution in [0.2, 0.25) is 0 Å². The van der Waals surface area contributed by atoms with E-state index >= 15 is 0 Å². The Hall–Kier alpha value is -2.63. The molecule has 1 aliphatic heterocycles. The molecule has 1 aliphatic rings. The number of nitrogens with zero attached hydrogens (tertiary/aromatic N) is 2. The Kier molecular flexibility index (Phi) is 5.48. The molecule has 6 heteroatoms. The summed E-state index contributed by atoms with van der Waals surface area (Å²) in [6.07, 6.45) is 6.78. The van der Waals surface area contributed by atoms with Crippen LogP contribution in [-0.4, -0.2) is 41.0 Å². The standard InChI is InChI=1S/C19H22N2O4/c1-2-14-7-5-6-12-21(14)18(22)13-24-19(23)11-10-17-20-15-8-3-4-9-16(15)25-17/h3-4,8-11,14H,2,5-7,12-13H2,1H3/b11-10+/t14-/m1/s1. The molecule has 1 fully saturated rings. The van der Waals surface area contributed by atoms with Gasteiger partial charge in [-0.1, -0.05) is 19.1 Å². The highest BCUT2D eigenvalue weighted by molar-refractivity contribution is 5.89. The largest absolute Gasteiger partial charge is 0.452 e. The molecular formula is C19H22N2O4. The van der Waals surface area contributed by atoms with Gasteiger partial charge in [0.15, 0.2) is 12.2 Å². The number of fused-ring (bicyclic) bond motifs is 1. The fourth-order valence-electron chi connectivity index (χ4n) is 3.12. The Bertz CT molecular complexity index is 748. The van der Waals surface area contributed by atoms with Gasteiger partial charge in [-0.3, -0.25) is 4.79 Å². The zero-order chi connectivity index (χ0) is 17.6. The molecule has 0 unspecified atom stereocenters. The molecule has 0 N–H and O–H groups in total. The first kappa shape index (κ1) is 17.2. The average Bonchev–Trinajstić information content (AvgIpc) is 3.07. The fourth-order valence-corrected chi connectivity index (χ4v) is 3.12. The number of aromatic nitrogens is 1. The fraction of sp³-hybridized carbons (Fsp3) is 0.421. The first-order valence-corrected chi connectivity index (χ1v) is 8.67. The number of piperidine rings is 1. The molecule has 3 rings (SSSR count). The van der Waals surface area contributed by atoms with Gasteiger partial charge in [-0.2, -0.15) is 0 Å². The van der Waals surface area contributed by atoms with E-state index in [4.69, 9.17) is 9.15 Å². The van der Waals surface area contributed by atoms with Gasteiger partial charge in [-0.15, -0.1) is 0 Å². The second-order valence-electron chi connectivity index (χ2n) is 6.11. The van der Waals surface area contributed by atoms with Crippen LogP contribution < -0.4 is 0 Å². The molecule has 0 radical (unpaired) electrons. The van der Waals surface area contributed by atoms with Gasteiger partial charge >= 0.3 is 5.97 Å². The summed E-state index contributed by atoms with van der Waals surface area (Å²) in [6.45, 7) is 2.59. The van der Waals surface area contributed by atoms with Crippen LogP contribution in [0.1, 0.15) is 38.5 Å². The van der Waals surface area contributed by atoms with Crippen molar-refractivity contribution in [1.82, 2.24) is 9.88 Å². The molecule has 1 saturated heterocycles. The number of carbonyl (C=O) groups is 2. The van der Waals surface area contributed by atoms with Gasteiger partial charge < -0.3 is 14.1 Å². The van der Waals surface area contributed by atoms with E-state index in [0.29, 0.717) is 11.5 Å². The summed E-state index contributed by atoms with van der Waals surface area (Å²) in [4.78, 5) is 30.2. The normalized spacial score (nSPS) is 18.0. The van der Waals surface area contributed by atoms with Gasteiger partial charge in [-0.25, -0.2) is 9.78 Å². The number of hydrogen-bond donors (Lipinski definition) is 0. The topological polar surface area (TPSA) is 72.6 Å². The molecule has 132 valence electrons. The monoisotopic (exact) mass is 342 g/mol. The summed E-state index contributed by atoms with van der Waals surface area (Å²) in [7, 11) is 0. The lowest BCUT2D eigenvalue weighted by Gasteiger charge is -2.35. The molecular weight excluding hydrogens is 320 g/mol. The number of esters is 1. The van der Waals surface area contributed by atoms with E-state index in [0.717, 1.165) is 37.7 Å². The molecule has 2 heterocycles. The first-order valence-electron chi connectivity index (χ1n) is 8.67. The summed E-state index contributed by atoms with van der Waals surface area (Å²) in [5.41, 5.74) is 1.38. The van der Waals surface area contributed by atoms with Crippen molar-refractivity contribution in [3.63, 3.8) is 0 Å². The lowest BCUT2D eigenvalue weighted by molar-refractivity contribution is -0.150. The van der Waals surface area contributed by atoms with Crippen molar-refractivity contribution in [1.29, 1.82) is 0 Å². The smallest absolute Gasteiger partial charge is 0.331 e. The first-order chi connectivity index (χ1) is 12.2. The molecule has 0 bridgehead atoms. The molecule has 0 spiro atoms. The van der Waals surface area contributed by atoms with Crippen molar-refractivity contribution >= 4 is 29.1 Å². The number of rotatable bonds is 5. The molecule has 25 heavy (non-hydrogen) atoms. The maximum atomic E-state index is 12.3. The molecule has 1 atom stereocenters. The number of hydrogen-bond acceptors (Lipinski definition) is 5. The predicted octanol–water partition coefficient (Wildman–Crippen LogP) is 3.18. The number of benzene rings is 1. The minimum Gasteiger partial charge on any atom is -0.452 e. The number of para-hydroxylation sites is 2. The molecule has 1 aromatic carbocycles. The number of oxazole rings is 1. The highest BCUT2D eigenvalue weighted by Gasteiger charge is 2.25. The Morgan fingerprint density at radius 1 is 1.36 bits per heavy atom. The van der Waals surface area contributed by atoms with Crippen LogP contribution in [0.25, 0.3) is 17.2 Å². The number of ether oxygens (including phenoxy) is 1. The van der Waals surface area contributed by atoms with Crippen molar-refractivity contribution in [3.05, 3.63) is 36.2 Å². The Morgan fingerprint density at radius 3 is 3.00 bits per heavy atom. The van der Waals surface area contributed by atoms with E-state index in [1.54, 1.807) is 6.07 Å². The summed E-state index contributed by atoms with van der Waals surface area (Å²) in [6, 6.07) is 7.61. The third-order valence-electron chi connectivity index (χ3n) is 4.43. The number of amides is 1. The van der Waals surface area contributed by atoms with E-state index in [1.807, 2.05) is 23.1 Å². The Morgan fingerprint density at radius 2 is 2.20 bits per heavy atom. The second kappa shape index (κ2) is 7.96. The van der Waals surface area contributed by atoms with Gasteiger partial charge in [-0.05, 0) is 37.8 Å². The van der Waals surface area contributed by atoms with E-state index in [1.165, 1.54) is 12.2 Å². The minimum atomic E-state index is -0.583. The molecule has 0 aliphatic carbocycles. The Balaban J connectivity index is 1.52. The van der Waals surface area contributed by atoms with Crippen LogP contribution >= 0.6 is 0 Å². The van der Waals surface area contributed by atoms with E-state index < -0.39 is 5.97 Å². The zero-order valence-corrected chi connectivity index (χ0v) is 14.3. The number of carbonyl (C=O) groups excluding carboxylic acids is 2. The van der Waals surface area contributed by atoms with Crippen molar-refractivity contribution in [2.24, 2.45) is 0 Å². The van der Waals surface area contributed by atoms with Crippen LogP contribution in [0.3, 0.4) is 0 Å². The lowest BCUT2D eigenvalue weighted by atomic mass is 10.00. The van der Waals surface area contributed by atoms with Gasteiger partial charge in [0.1, 0.15) is 5.52 Å². The van der Waals surface area contributed by atoms with Crippen molar-refractivity contribution in [2.75, 3.05) is 13.2 Å². The summed E-state index contributed by atoms with van der Waals surface area (Å²) < 4.78 is 10.5. The summed E-state index contributed by atoms with van der Waals surface area (Å²) in [5, 5.41) is 0. The third-order valence-corrected chi connectivity index (χ3v) is 4.43. The maximum Gasteiger partial charge on any atom is 0.331 e. The lowest BCUT2D eigenvalue weighted by Crippen LogP contribution is -2.45. The molecule has 1 amide bonds. The van der Waals surface area contributed by atoms with Gasteiger partial charge in [0.25, 0.3) is 5.91 Å². The summed E-state index contributed by atoms with van der Waals surface area (Å²) >= 11 is 0. The maximum absolute atomic E-state index is 12.3. The van der Waals surface area contributed by atoms with Crippen molar-refractivity contribution in [3.8, 4) is 0 Å². The third kappa shape index (κ3) is 4.26. The van der Waals surface area contributed by atoms with E-state index in [2.05, 4.69) is 11.9 Å². The second-order valence-corrected chi connectivity index (χ2v) is 6.11. The zero-order valence-electron chi connectivity index (χ0n) is 14.3. The molecule has 0 saturated carbocycles. The minimum absolute atomic E-state index is 0.129. The predicted molar refractivity (Wildman–Crippen MR) is 93.6 cm³/mol. The van der Waals surface area contributed by atoms with Gasteiger partial charge in [0.2, 0.25) is 5.89 Å². The van der Waals surface area contributed by atoms with E-state index in [-0.39, 0.29) is 18.6 Å². The molecule has 1 aromatic heterocycles. The quantitative estimate of drug-likeness (QED) is 0.616. The van der Waals surface area contributed by atoms with Crippen molar-refractivity contribution in [2.45, 2.75) is 38.6 Å². The van der Waals surface area contributed by atoms with Crippen LogP contribution in [-0.2, 0) is 14.3 Å². The van der Waals surface area contributed by atoms with Crippen molar-refractivity contribution < 1.29 is 18.7 Å². The van der Waals surface area contributed by atoms with E-state index in [9.17, 15) is 9.59 Å².